The molecule has 198 valence electrons. The third-order valence-corrected chi connectivity index (χ3v) is 9.07. The zero-order valence-electron chi connectivity index (χ0n) is 22.5. The molecule has 2 heterocycles. The topological polar surface area (TPSA) is 88.9 Å². The van der Waals surface area contributed by atoms with Crippen molar-refractivity contribution < 1.29 is 0 Å². The maximum absolute atomic E-state index is 9.64. The van der Waals surface area contributed by atoms with E-state index in [1.807, 2.05) is 12.1 Å². The summed E-state index contributed by atoms with van der Waals surface area (Å²) < 4.78 is 0. The molecule has 7 heteroatoms. The van der Waals surface area contributed by atoms with E-state index in [9.17, 15) is 5.26 Å². The van der Waals surface area contributed by atoms with Crippen molar-refractivity contribution in [2.75, 3.05) is 36.8 Å². The van der Waals surface area contributed by atoms with Crippen molar-refractivity contribution in [1.29, 1.82) is 5.26 Å². The minimum absolute atomic E-state index is 0.510. The standard InChI is InChI=1S/C30H43N7/c1-3-37-13-11-27(12-14-37)35-28-23-9-6-10-24(28)16-22(15-23)18-32-29-26(17-31)20-34-30(36-29)33-19-25-8-5-4-7-21(25)2/h4-5,7-8,20,22-24,27-28,35H,3,6,9-16,18-19H2,1-2H3,(H2,32,33,34,36)/t22?,23-,24?,28-/m0/s1. The van der Waals surface area contributed by atoms with E-state index in [1.165, 1.54) is 75.7 Å². The van der Waals surface area contributed by atoms with Gasteiger partial charge in [-0.15, -0.1) is 0 Å². The van der Waals surface area contributed by atoms with Gasteiger partial charge in [-0.25, -0.2) is 4.98 Å². The van der Waals surface area contributed by atoms with Crippen LogP contribution in [0, 0.1) is 36.0 Å². The number of nitrogens with zero attached hydrogens (tertiary/aromatic N) is 4. The molecular weight excluding hydrogens is 458 g/mol. The Bertz CT molecular complexity index is 1060. The molecule has 2 saturated carbocycles. The van der Waals surface area contributed by atoms with Crippen LogP contribution in [0.3, 0.4) is 0 Å². The summed E-state index contributed by atoms with van der Waals surface area (Å²) in [5, 5.41) is 20.7. The molecule has 3 fully saturated rings. The first-order valence-electron chi connectivity index (χ1n) is 14.4. The van der Waals surface area contributed by atoms with Crippen LogP contribution in [0.1, 0.15) is 68.6 Å². The summed E-state index contributed by atoms with van der Waals surface area (Å²) in [5.74, 6) is 3.38. The van der Waals surface area contributed by atoms with Crippen molar-refractivity contribution in [3.8, 4) is 6.07 Å². The number of anilines is 2. The van der Waals surface area contributed by atoms with Crippen LogP contribution in [0.4, 0.5) is 11.8 Å². The van der Waals surface area contributed by atoms with Crippen LogP contribution < -0.4 is 16.0 Å². The highest BCUT2D eigenvalue weighted by molar-refractivity contribution is 5.53. The highest BCUT2D eigenvalue weighted by Crippen LogP contribution is 2.43. The fraction of sp³-hybridized carbons (Fsp3) is 0.633. The van der Waals surface area contributed by atoms with Crippen molar-refractivity contribution >= 4 is 11.8 Å². The molecule has 1 saturated heterocycles. The Hall–Kier alpha value is -2.69. The number of hydrogen-bond donors (Lipinski definition) is 3. The Morgan fingerprint density at radius 2 is 1.81 bits per heavy atom. The van der Waals surface area contributed by atoms with Gasteiger partial charge in [0.1, 0.15) is 17.5 Å². The molecule has 0 radical (unpaired) electrons. The Kier molecular flexibility index (Phi) is 8.58. The smallest absolute Gasteiger partial charge is 0.224 e. The molecule has 37 heavy (non-hydrogen) atoms. The van der Waals surface area contributed by atoms with Crippen molar-refractivity contribution in [2.24, 2.45) is 17.8 Å². The van der Waals surface area contributed by atoms with Crippen molar-refractivity contribution in [1.82, 2.24) is 20.2 Å². The minimum atomic E-state index is 0.510. The van der Waals surface area contributed by atoms with Crippen LogP contribution in [-0.2, 0) is 6.54 Å². The zero-order chi connectivity index (χ0) is 25.6. The lowest BCUT2D eigenvalue weighted by atomic mass is 9.64. The highest BCUT2D eigenvalue weighted by atomic mass is 15.1. The number of fused-ring (bicyclic) bond motifs is 2. The second kappa shape index (κ2) is 12.2. The second-order valence-electron chi connectivity index (χ2n) is 11.4. The fourth-order valence-electron chi connectivity index (χ4n) is 6.90. The zero-order valence-corrected chi connectivity index (χ0v) is 22.5. The molecule has 1 aliphatic heterocycles. The number of likely N-dealkylation sites (tertiary alicyclic amines) is 1. The average Bonchev–Trinajstić information content (AvgIpc) is 2.92. The summed E-state index contributed by atoms with van der Waals surface area (Å²) in [7, 11) is 0. The number of nitriles is 1. The van der Waals surface area contributed by atoms with Crippen LogP contribution >= 0.6 is 0 Å². The third kappa shape index (κ3) is 6.42. The summed E-state index contributed by atoms with van der Waals surface area (Å²) in [6.45, 7) is 9.58. The van der Waals surface area contributed by atoms with E-state index in [0.717, 1.165) is 18.4 Å². The molecule has 4 atom stereocenters. The van der Waals surface area contributed by atoms with Crippen molar-refractivity contribution in [3.05, 3.63) is 47.2 Å². The molecule has 2 aliphatic carbocycles. The second-order valence-corrected chi connectivity index (χ2v) is 11.4. The van der Waals surface area contributed by atoms with Gasteiger partial charge in [-0.05, 0) is 94.0 Å². The monoisotopic (exact) mass is 501 g/mol. The van der Waals surface area contributed by atoms with Crippen molar-refractivity contribution in [2.45, 2.75) is 77.4 Å². The van der Waals surface area contributed by atoms with E-state index in [1.54, 1.807) is 6.20 Å². The van der Waals surface area contributed by atoms with E-state index in [0.29, 0.717) is 41.9 Å². The van der Waals surface area contributed by atoms with E-state index < -0.39 is 0 Å². The number of rotatable bonds is 9. The number of aromatic nitrogens is 2. The van der Waals surface area contributed by atoms with Crippen LogP contribution in [0.5, 0.6) is 0 Å². The van der Waals surface area contributed by atoms with Gasteiger partial charge in [-0.3, -0.25) is 0 Å². The summed E-state index contributed by atoms with van der Waals surface area (Å²) in [4.78, 5) is 11.6. The van der Waals surface area contributed by atoms with Crippen LogP contribution in [0.2, 0.25) is 0 Å². The quantitative estimate of drug-likeness (QED) is 0.448. The van der Waals surface area contributed by atoms with Crippen molar-refractivity contribution in [3.63, 3.8) is 0 Å². The van der Waals surface area contributed by atoms with E-state index in [2.05, 4.69) is 62.9 Å². The molecule has 2 unspecified atom stereocenters. The van der Waals surface area contributed by atoms with E-state index in [4.69, 9.17) is 0 Å². The summed E-state index contributed by atoms with van der Waals surface area (Å²) in [6.07, 6.45) is 10.8. The first kappa shape index (κ1) is 25.9. The number of benzene rings is 1. The number of nitrogens with one attached hydrogen (secondary N) is 3. The highest BCUT2D eigenvalue weighted by Gasteiger charge is 2.41. The predicted octanol–water partition coefficient (Wildman–Crippen LogP) is 4.95. The predicted molar refractivity (Wildman–Crippen MR) is 149 cm³/mol. The molecule has 1 aromatic heterocycles. The Morgan fingerprint density at radius 3 is 2.51 bits per heavy atom. The number of hydrogen-bond acceptors (Lipinski definition) is 7. The van der Waals surface area contributed by atoms with Gasteiger partial charge in [0.05, 0.1) is 6.20 Å². The largest absolute Gasteiger partial charge is 0.369 e. The maximum atomic E-state index is 9.64. The molecule has 0 amide bonds. The molecule has 5 rings (SSSR count). The SMILES string of the molecule is CCN1CCC(N[C@@H]2C3CCC[C@H]2CC(CNc2nc(NCc4ccccc4C)ncc2C#N)C3)CC1. The number of aryl methyl sites for hydroxylation is 1. The lowest BCUT2D eigenvalue weighted by Crippen LogP contribution is -2.55. The molecule has 2 bridgehead atoms. The Balaban J connectivity index is 1.16. The van der Waals surface area contributed by atoms with Crippen LogP contribution in [-0.4, -0.2) is 53.1 Å². The molecule has 7 nitrogen and oxygen atoms in total. The minimum Gasteiger partial charge on any atom is -0.369 e. The summed E-state index contributed by atoms with van der Waals surface area (Å²) in [6, 6.07) is 12.0. The lowest BCUT2D eigenvalue weighted by molar-refractivity contribution is 0.0701. The van der Waals surface area contributed by atoms with E-state index in [-0.39, 0.29) is 0 Å². The molecule has 0 spiro atoms. The van der Waals surface area contributed by atoms with Gasteiger partial charge >= 0.3 is 0 Å². The molecule has 1 aromatic carbocycles. The first-order chi connectivity index (χ1) is 18.1. The normalized spacial score (nSPS) is 26.4. The maximum Gasteiger partial charge on any atom is 0.224 e. The van der Waals surface area contributed by atoms with Gasteiger partial charge in [0.15, 0.2) is 0 Å². The number of piperidine rings is 1. The average molecular weight is 502 g/mol. The van der Waals surface area contributed by atoms with Gasteiger partial charge in [0.25, 0.3) is 0 Å². The molecule has 3 N–H and O–H groups in total. The van der Waals surface area contributed by atoms with Gasteiger partial charge in [-0.2, -0.15) is 10.2 Å². The van der Waals surface area contributed by atoms with Gasteiger partial charge in [0.2, 0.25) is 5.95 Å². The fourth-order valence-corrected chi connectivity index (χ4v) is 6.90. The van der Waals surface area contributed by atoms with Gasteiger partial charge < -0.3 is 20.9 Å². The summed E-state index contributed by atoms with van der Waals surface area (Å²) >= 11 is 0. The molecule has 2 aromatic rings. The summed E-state index contributed by atoms with van der Waals surface area (Å²) in [5.41, 5.74) is 2.97. The van der Waals surface area contributed by atoms with Crippen LogP contribution in [0.25, 0.3) is 0 Å². The molecular formula is C30H43N7. The molecule has 3 aliphatic rings. The Labute approximate surface area is 222 Å². The first-order valence-corrected chi connectivity index (χ1v) is 14.4. The van der Waals surface area contributed by atoms with Gasteiger partial charge in [-0.1, -0.05) is 37.6 Å². The lowest BCUT2D eigenvalue weighted by Gasteiger charge is -2.48. The Morgan fingerprint density at radius 1 is 1.05 bits per heavy atom. The van der Waals surface area contributed by atoms with E-state index >= 15 is 0 Å². The third-order valence-electron chi connectivity index (χ3n) is 9.07. The van der Waals surface area contributed by atoms with Gasteiger partial charge in [0, 0.05) is 25.2 Å². The van der Waals surface area contributed by atoms with Crippen LogP contribution in [0.15, 0.2) is 30.5 Å².